The molecular formula is C42H85NO6. The molecule has 1 amide bonds. The van der Waals surface area contributed by atoms with Crippen molar-refractivity contribution in [3.8, 4) is 0 Å². The quantitative estimate of drug-likeness (QED) is 0.0354. The first kappa shape index (κ1) is 48.3. The fourth-order valence-electron chi connectivity index (χ4n) is 6.91. The molecule has 0 aliphatic rings. The number of carbonyl (C=O) groups is 1. The Morgan fingerprint density at radius 2 is 0.694 bits per heavy atom. The van der Waals surface area contributed by atoms with E-state index in [2.05, 4.69) is 19.2 Å². The molecule has 0 aliphatic carbocycles. The standard InChI is InChI=1S/C42H85NO6/c1-3-5-7-9-11-13-15-17-18-19-20-21-22-23-25-27-29-31-33-35-39(46)41(48)42(49)43-37(36-44)40(47)38(45)34-32-30-28-26-24-16-14-12-10-8-6-4-2/h37-41,44-48H,3-36H2,1-2H3,(H,43,49)/t37-,38+,39?,40-,41?/m0/s1. The summed E-state index contributed by atoms with van der Waals surface area (Å²) < 4.78 is 0. The molecule has 0 radical (unpaired) electrons. The maximum atomic E-state index is 12.5. The number of hydrogen-bond donors (Lipinski definition) is 6. The van der Waals surface area contributed by atoms with Crippen LogP contribution in [0.4, 0.5) is 0 Å². The number of nitrogens with one attached hydrogen (secondary N) is 1. The zero-order valence-electron chi connectivity index (χ0n) is 32.6. The van der Waals surface area contributed by atoms with Crippen LogP contribution in [0.2, 0.25) is 0 Å². The fraction of sp³-hybridized carbons (Fsp3) is 0.976. The van der Waals surface area contributed by atoms with Crippen LogP contribution in [-0.4, -0.2) is 68.5 Å². The minimum atomic E-state index is -1.63. The van der Waals surface area contributed by atoms with E-state index in [4.69, 9.17) is 0 Å². The van der Waals surface area contributed by atoms with Gasteiger partial charge in [0.05, 0.1) is 24.9 Å². The smallest absolute Gasteiger partial charge is 0.251 e. The maximum absolute atomic E-state index is 12.5. The van der Waals surface area contributed by atoms with E-state index in [1.54, 1.807) is 0 Å². The van der Waals surface area contributed by atoms with E-state index in [1.165, 1.54) is 161 Å². The highest BCUT2D eigenvalue weighted by Crippen LogP contribution is 2.17. The molecule has 2 unspecified atom stereocenters. The lowest BCUT2D eigenvalue weighted by molar-refractivity contribution is -0.138. The Bertz CT molecular complexity index is 680. The topological polar surface area (TPSA) is 130 Å². The predicted octanol–water partition coefficient (Wildman–Crippen LogP) is 9.82. The third kappa shape index (κ3) is 30.6. The van der Waals surface area contributed by atoms with Gasteiger partial charge in [-0.1, -0.05) is 213 Å². The Balaban J connectivity index is 3.80. The van der Waals surface area contributed by atoms with E-state index < -0.39 is 43.0 Å². The molecule has 6 N–H and O–H groups in total. The van der Waals surface area contributed by atoms with Gasteiger partial charge in [0.2, 0.25) is 0 Å². The zero-order valence-corrected chi connectivity index (χ0v) is 32.6. The number of carbonyl (C=O) groups excluding carboxylic acids is 1. The molecule has 7 heteroatoms. The second kappa shape index (κ2) is 37.0. The summed E-state index contributed by atoms with van der Waals surface area (Å²) in [5.74, 6) is -0.832. The summed E-state index contributed by atoms with van der Waals surface area (Å²) in [5, 5.41) is 53.8. The summed E-state index contributed by atoms with van der Waals surface area (Å²) >= 11 is 0. The van der Waals surface area contributed by atoms with Crippen molar-refractivity contribution in [2.24, 2.45) is 0 Å². The fourth-order valence-corrected chi connectivity index (χ4v) is 6.91. The summed E-state index contributed by atoms with van der Waals surface area (Å²) in [6.07, 6.45) is 34.4. The molecule has 0 aliphatic heterocycles. The zero-order chi connectivity index (χ0) is 36.2. The molecule has 49 heavy (non-hydrogen) atoms. The van der Waals surface area contributed by atoms with Crippen LogP contribution in [-0.2, 0) is 4.79 Å². The van der Waals surface area contributed by atoms with Gasteiger partial charge < -0.3 is 30.8 Å². The Morgan fingerprint density at radius 3 is 0.980 bits per heavy atom. The maximum Gasteiger partial charge on any atom is 0.251 e. The molecule has 0 aromatic rings. The van der Waals surface area contributed by atoms with Crippen LogP contribution >= 0.6 is 0 Å². The van der Waals surface area contributed by atoms with Gasteiger partial charge in [0.1, 0.15) is 6.10 Å². The average Bonchev–Trinajstić information content (AvgIpc) is 3.11. The molecule has 0 spiro atoms. The highest BCUT2D eigenvalue weighted by Gasteiger charge is 2.31. The van der Waals surface area contributed by atoms with Gasteiger partial charge in [-0.15, -0.1) is 0 Å². The van der Waals surface area contributed by atoms with Gasteiger partial charge in [-0.05, 0) is 12.8 Å². The molecule has 294 valence electrons. The minimum absolute atomic E-state index is 0.321. The Kier molecular flexibility index (Phi) is 36.5. The number of aliphatic hydroxyl groups is 5. The highest BCUT2D eigenvalue weighted by molar-refractivity contribution is 5.81. The normalized spacial score (nSPS) is 14.8. The lowest BCUT2D eigenvalue weighted by Gasteiger charge is -2.28. The van der Waals surface area contributed by atoms with Crippen LogP contribution in [0.25, 0.3) is 0 Å². The highest BCUT2D eigenvalue weighted by atomic mass is 16.3. The molecule has 7 nitrogen and oxygen atoms in total. The molecule has 0 aromatic carbocycles. The van der Waals surface area contributed by atoms with E-state index in [0.29, 0.717) is 12.8 Å². The van der Waals surface area contributed by atoms with Crippen molar-refractivity contribution >= 4 is 5.91 Å². The summed E-state index contributed by atoms with van der Waals surface area (Å²) in [6, 6.07) is -1.10. The van der Waals surface area contributed by atoms with Crippen molar-refractivity contribution in [1.82, 2.24) is 5.32 Å². The van der Waals surface area contributed by atoms with Crippen molar-refractivity contribution in [3.05, 3.63) is 0 Å². The van der Waals surface area contributed by atoms with Gasteiger partial charge in [-0.25, -0.2) is 0 Å². The Morgan fingerprint density at radius 1 is 0.429 bits per heavy atom. The van der Waals surface area contributed by atoms with Crippen LogP contribution in [0, 0.1) is 0 Å². The first-order chi connectivity index (χ1) is 23.9. The summed E-state index contributed by atoms with van der Waals surface area (Å²) in [5.41, 5.74) is 0. The van der Waals surface area contributed by atoms with E-state index in [1.807, 2.05) is 0 Å². The van der Waals surface area contributed by atoms with Crippen LogP contribution in [0.5, 0.6) is 0 Å². The Labute approximate surface area is 303 Å². The molecule has 0 saturated carbocycles. The van der Waals surface area contributed by atoms with Gasteiger partial charge >= 0.3 is 0 Å². The van der Waals surface area contributed by atoms with E-state index in [-0.39, 0.29) is 0 Å². The van der Waals surface area contributed by atoms with E-state index in [0.717, 1.165) is 38.5 Å². The van der Waals surface area contributed by atoms with Crippen LogP contribution in [0.15, 0.2) is 0 Å². The van der Waals surface area contributed by atoms with Crippen molar-refractivity contribution in [2.45, 2.75) is 256 Å². The van der Waals surface area contributed by atoms with Gasteiger partial charge in [0, 0.05) is 0 Å². The lowest BCUT2D eigenvalue weighted by atomic mass is 9.98. The number of unbranched alkanes of at least 4 members (excludes halogenated alkanes) is 29. The van der Waals surface area contributed by atoms with Gasteiger partial charge in [-0.2, -0.15) is 0 Å². The molecule has 0 rings (SSSR count). The third-order valence-corrected chi connectivity index (χ3v) is 10.4. The second-order valence-corrected chi connectivity index (χ2v) is 15.2. The minimum Gasteiger partial charge on any atom is -0.394 e. The number of aliphatic hydroxyl groups excluding tert-OH is 5. The molecule has 0 heterocycles. The number of rotatable bonds is 39. The van der Waals surface area contributed by atoms with Crippen LogP contribution in [0.1, 0.15) is 226 Å². The van der Waals surface area contributed by atoms with Gasteiger partial charge in [0.15, 0.2) is 6.10 Å². The summed E-state index contributed by atoms with van der Waals surface area (Å²) in [6.45, 7) is 3.95. The third-order valence-electron chi connectivity index (χ3n) is 10.4. The average molecular weight is 700 g/mol. The summed E-state index contributed by atoms with van der Waals surface area (Å²) in [7, 11) is 0. The lowest BCUT2D eigenvalue weighted by Crippen LogP contribution is -2.54. The molecular weight excluding hydrogens is 614 g/mol. The molecule has 0 aromatic heterocycles. The van der Waals surface area contributed by atoms with Gasteiger partial charge in [-0.3, -0.25) is 4.79 Å². The monoisotopic (exact) mass is 700 g/mol. The molecule has 0 fully saturated rings. The van der Waals surface area contributed by atoms with Gasteiger partial charge in [0.25, 0.3) is 5.91 Å². The van der Waals surface area contributed by atoms with E-state index in [9.17, 15) is 30.3 Å². The van der Waals surface area contributed by atoms with Crippen molar-refractivity contribution < 1.29 is 30.3 Å². The first-order valence-corrected chi connectivity index (χ1v) is 21.5. The first-order valence-electron chi connectivity index (χ1n) is 21.5. The molecule has 5 atom stereocenters. The second-order valence-electron chi connectivity index (χ2n) is 15.2. The van der Waals surface area contributed by atoms with Crippen LogP contribution in [0.3, 0.4) is 0 Å². The van der Waals surface area contributed by atoms with E-state index >= 15 is 0 Å². The summed E-state index contributed by atoms with van der Waals surface area (Å²) in [4.78, 5) is 12.5. The molecule has 0 saturated heterocycles. The van der Waals surface area contributed by atoms with Crippen molar-refractivity contribution in [1.29, 1.82) is 0 Å². The SMILES string of the molecule is CCCCCCCCCCCCCCCCCCCCCC(O)C(O)C(=O)N[C@@H](CO)[C@H](O)[C@H](O)CCCCCCCCCCCCCC. The Hall–Kier alpha value is -0.730. The number of hydrogen-bond acceptors (Lipinski definition) is 6. The largest absolute Gasteiger partial charge is 0.394 e. The van der Waals surface area contributed by atoms with Crippen LogP contribution < -0.4 is 5.32 Å². The predicted molar refractivity (Wildman–Crippen MR) is 207 cm³/mol. The van der Waals surface area contributed by atoms with Crippen molar-refractivity contribution in [3.63, 3.8) is 0 Å². The number of amides is 1. The molecule has 0 bridgehead atoms. The van der Waals surface area contributed by atoms with Crippen molar-refractivity contribution in [2.75, 3.05) is 6.61 Å².